The smallest absolute Gasteiger partial charge is 0.251 e. The molecular formula is C24H22ClFN4O2S. The topological polar surface area (TPSA) is 50.1 Å². The minimum Gasteiger partial charge on any atom is -0.371 e. The Balaban J connectivity index is 1.26. The molecule has 3 saturated heterocycles. The Morgan fingerprint density at radius 2 is 2.03 bits per heavy atom. The first kappa shape index (κ1) is 21.0. The van der Waals surface area contributed by atoms with Crippen LogP contribution >= 0.6 is 24.4 Å². The summed E-state index contributed by atoms with van der Waals surface area (Å²) in [6, 6.07) is 8.28. The standard InChI is InChI=1S/C24H22ClFN4O2S/c25-21-3-1-2-15(23(21)26)10-28-5-4-14(6-22(28)31)20-13-30(33)24-19(20)7-16(9-27-24)29-11-17-8-18(12-29)32-17/h1-7,9,13,17-19,24,33H,8,10-12H2. The zero-order valence-corrected chi connectivity index (χ0v) is 19.3. The van der Waals surface area contributed by atoms with Crippen LogP contribution in [0.15, 0.2) is 64.3 Å². The average molecular weight is 485 g/mol. The molecule has 5 aliphatic rings. The summed E-state index contributed by atoms with van der Waals surface area (Å²) < 4.78 is 23.3. The number of thiol groups is 1. The number of hydrogen-bond donors (Lipinski definition) is 1. The van der Waals surface area contributed by atoms with Crippen LogP contribution in [0.3, 0.4) is 0 Å². The number of pyridine rings is 1. The zero-order chi connectivity index (χ0) is 22.7. The second kappa shape index (κ2) is 8.04. The zero-order valence-electron chi connectivity index (χ0n) is 17.6. The lowest BCUT2D eigenvalue weighted by molar-refractivity contribution is -0.172. The average Bonchev–Trinajstić information content (AvgIpc) is 3.13. The Labute approximate surface area is 201 Å². The van der Waals surface area contributed by atoms with Crippen molar-refractivity contribution in [1.82, 2.24) is 13.8 Å². The van der Waals surface area contributed by atoms with Crippen LogP contribution in [-0.4, -0.2) is 51.5 Å². The molecule has 0 spiro atoms. The number of allylic oxidation sites excluding steroid dienone is 1. The Bertz CT molecular complexity index is 1260. The Kier molecular flexibility index (Phi) is 5.12. The van der Waals surface area contributed by atoms with Crippen LogP contribution in [0.5, 0.6) is 0 Å². The van der Waals surface area contributed by atoms with E-state index in [9.17, 15) is 9.18 Å². The van der Waals surface area contributed by atoms with Gasteiger partial charge in [0.05, 0.1) is 29.5 Å². The van der Waals surface area contributed by atoms with Crippen LogP contribution in [0.25, 0.3) is 5.57 Å². The summed E-state index contributed by atoms with van der Waals surface area (Å²) in [7, 11) is 0. The van der Waals surface area contributed by atoms with Crippen LogP contribution in [0.1, 0.15) is 17.5 Å². The molecule has 33 heavy (non-hydrogen) atoms. The van der Waals surface area contributed by atoms with Crippen molar-refractivity contribution in [3.63, 3.8) is 0 Å². The first-order valence-corrected chi connectivity index (χ1v) is 11.7. The molecule has 3 fully saturated rings. The van der Waals surface area contributed by atoms with Gasteiger partial charge in [0.1, 0.15) is 12.0 Å². The van der Waals surface area contributed by atoms with Gasteiger partial charge in [0.2, 0.25) is 0 Å². The first-order chi connectivity index (χ1) is 16.0. The van der Waals surface area contributed by atoms with E-state index in [1.807, 2.05) is 18.5 Å². The number of hydrogen-bond acceptors (Lipinski definition) is 6. The van der Waals surface area contributed by atoms with Gasteiger partial charge in [0.15, 0.2) is 0 Å². The maximum Gasteiger partial charge on any atom is 0.251 e. The number of benzene rings is 1. The Morgan fingerprint density at radius 3 is 2.79 bits per heavy atom. The molecule has 5 aliphatic heterocycles. The fraction of sp³-hybridized carbons (Fsp3) is 0.333. The van der Waals surface area contributed by atoms with Gasteiger partial charge < -0.3 is 18.5 Å². The molecule has 170 valence electrons. The predicted molar refractivity (Wildman–Crippen MR) is 129 cm³/mol. The number of aromatic nitrogens is 1. The molecule has 0 saturated carbocycles. The number of fused-ring (bicyclic) bond motifs is 3. The highest BCUT2D eigenvalue weighted by molar-refractivity contribution is 7.77. The number of rotatable bonds is 4. The summed E-state index contributed by atoms with van der Waals surface area (Å²) in [5, 5.41) is 0.0474. The van der Waals surface area contributed by atoms with Gasteiger partial charge in [-0.05, 0) is 29.3 Å². The van der Waals surface area contributed by atoms with Crippen LogP contribution in [0.4, 0.5) is 4.39 Å². The van der Waals surface area contributed by atoms with Crippen molar-refractivity contribution < 1.29 is 9.13 Å². The van der Waals surface area contributed by atoms with Crippen molar-refractivity contribution in [2.24, 2.45) is 10.9 Å². The predicted octanol–water partition coefficient (Wildman–Crippen LogP) is 3.57. The normalized spacial score (nSPS) is 27.7. The Morgan fingerprint density at radius 1 is 1.24 bits per heavy atom. The largest absolute Gasteiger partial charge is 0.371 e. The number of dihydropyridines is 1. The van der Waals surface area contributed by atoms with Gasteiger partial charge in [0, 0.05) is 55.7 Å². The molecule has 6 nitrogen and oxygen atoms in total. The summed E-state index contributed by atoms with van der Waals surface area (Å²) in [5.74, 6) is -0.511. The molecule has 0 aliphatic carbocycles. The second-order valence-corrected chi connectivity index (χ2v) is 9.76. The monoisotopic (exact) mass is 484 g/mol. The van der Waals surface area contributed by atoms with Gasteiger partial charge in [-0.25, -0.2) is 4.39 Å². The van der Waals surface area contributed by atoms with Crippen molar-refractivity contribution in [2.75, 3.05) is 13.1 Å². The van der Waals surface area contributed by atoms with Crippen molar-refractivity contribution in [3.05, 3.63) is 86.8 Å². The summed E-state index contributed by atoms with van der Waals surface area (Å²) in [4.78, 5) is 19.9. The lowest BCUT2D eigenvalue weighted by Crippen LogP contribution is -2.57. The molecule has 1 aromatic heterocycles. The van der Waals surface area contributed by atoms with Crippen LogP contribution in [0, 0.1) is 11.7 Å². The second-order valence-electron chi connectivity index (χ2n) is 8.89. The first-order valence-electron chi connectivity index (χ1n) is 10.9. The molecule has 7 rings (SSSR count). The van der Waals surface area contributed by atoms with Gasteiger partial charge in [0.25, 0.3) is 5.56 Å². The third-order valence-corrected chi connectivity index (χ3v) is 7.40. The van der Waals surface area contributed by atoms with Gasteiger partial charge in [-0.2, -0.15) is 0 Å². The SMILES string of the molecule is O=c1cc(C2=CN(S)C3N=CC(N4CC5CC(C4)O5)=CC23)ccn1Cc1cccc(Cl)c1F. The summed E-state index contributed by atoms with van der Waals surface area (Å²) in [6.45, 7) is 1.87. The molecule has 0 N–H and O–H groups in total. The quantitative estimate of drug-likeness (QED) is 0.674. The highest BCUT2D eigenvalue weighted by Gasteiger charge is 2.41. The highest BCUT2D eigenvalue weighted by atomic mass is 35.5. The molecule has 4 unspecified atom stereocenters. The lowest BCUT2D eigenvalue weighted by Gasteiger charge is -2.48. The maximum atomic E-state index is 14.3. The maximum absolute atomic E-state index is 14.3. The van der Waals surface area contributed by atoms with Gasteiger partial charge in [-0.1, -0.05) is 36.5 Å². The molecule has 4 atom stereocenters. The lowest BCUT2D eigenvalue weighted by atomic mass is 9.90. The molecular weight excluding hydrogens is 463 g/mol. The van der Waals surface area contributed by atoms with Crippen molar-refractivity contribution in [3.8, 4) is 0 Å². The van der Waals surface area contributed by atoms with Gasteiger partial charge in [-0.15, -0.1) is 0 Å². The molecule has 2 aromatic rings. The molecule has 0 radical (unpaired) electrons. The fourth-order valence-corrected chi connectivity index (χ4v) is 5.56. The van der Waals surface area contributed by atoms with E-state index >= 15 is 0 Å². The third kappa shape index (κ3) is 3.70. The van der Waals surface area contributed by atoms with Crippen LogP contribution in [-0.2, 0) is 11.3 Å². The number of nitrogens with zero attached hydrogens (tertiary/aromatic N) is 4. The summed E-state index contributed by atoms with van der Waals surface area (Å²) in [5.41, 5.74) is 3.05. The number of piperidine rings is 1. The minimum absolute atomic E-state index is 0.0118. The molecule has 0 amide bonds. The molecule has 2 bridgehead atoms. The molecule has 6 heterocycles. The van der Waals surface area contributed by atoms with Crippen LogP contribution < -0.4 is 5.56 Å². The van der Waals surface area contributed by atoms with E-state index < -0.39 is 5.82 Å². The van der Waals surface area contributed by atoms with Gasteiger partial charge >= 0.3 is 0 Å². The molecule has 9 heteroatoms. The Hall–Kier alpha value is -2.55. The van der Waals surface area contributed by atoms with E-state index in [-0.39, 0.29) is 29.2 Å². The summed E-state index contributed by atoms with van der Waals surface area (Å²) in [6.07, 6.45) is 9.38. The summed E-state index contributed by atoms with van der Waals surface area (Å²) >= 11 is 10.5. The van der Waals surface area contributed by atoms with E-state index in [0.29, 0.717) is 17.8 Å². The van der Waals surface area contributed by atoms with Crippen molar-refractivity contribution in [1.29, 1.82) is 0 Å². The number of halogens is 2. The number of ether oxygens (including phenoxy) is 1. The number of morpholine rings is 1. The van der Waals surface area contributed by atoms with Crippen molar-refractivity contribution >= 4 is 36.2 Å². The van der Waals surface area contributed by atoms with E-state index in [0.717, 1.165) is 36.3 Å². The highest BCUT2D eigenvalue weighted by Crippen LogP contribution is 2.41. The van der Waals surface area contributed by atoms with E-state index in [2.05, 4.69) is 23.8 Å². The van der Waals surface area contributed by atoms with E-state index in [1.165, 1.54) is 10.6 Å². The minimum atomic E-state index is -0.499. The van der Waals surface area contributed by atoms with Crippen molar-refractivity contribution in [2.45, 2.75) is 31.3 Å². The fourth-order valence-electron chi connectivity index (χ4n) is 5.04. The third-order valence-electron chi connectivity index (χ3n) is 6.76. The van der Waals surface area contributed by atoms with Gasteiger partial charge in [-0.3, -0.25) is 9.79 Å². The molecule has 1 aromatic carbocycles. The number of aliphatic imine (C=N–C) groups is 1. The van der Waals surface area contributed by atoms with E-state index in [1.54, 1.807) is 28.7 Å². The van der Waals surface area contributed by atoms with Crippen LogP contribution in [0.2, 0.25) is 5.02 Å². The van der Waals surface area contributed by atoms with E-state index in [4.69, 9.17) is 21.3 Å².